The lowest BCUT2D eigenvalue weighted by Gasteiger charge is -2.31. The van der Waals surface area contributed by atoms with Gasteiger partial charge < -0.3 is 25.8 Å². The van der Waals surface area contributed by atoms with Gasteiger partial charge in [-0.3, -0.25) is 4.57 Å². The molecular formula is C9H12IN3O5. The molecule has 0 aliphatic carbocycles. The maximum absolute atomic E-state index is 11.8. The van der Waals surface area contributed by atoms with Crippen LogP contribution in [0, 0.1) is 3.57 Å². The number of ether oxygens (including phenoxy) is 1. The molecule has 1 aliphatic rings. The summed E-state index contributed by atoms with van der Waals surface area (Å²) >= 11 is 1.86. The third-order valence-corrected chi connectivity index (χ3v) is 3.71. The highest BCUT2D eigenvalue weighted by Crippen LogP contribution is 2.30. The molecule has 18 heavy (non-hydrogen) atoms. The lowest BCUT2D eigenvalue weighted by molar-refractivity contribution is -0.154. The number of aliphatic hydroxyl groups excluding tert-OH is 3. The second kappa shape index (κ2) is 4.74. The highest BCUT2D eigenvalue weighted by atomic mass is 127. The average molecular weight is 369 g/mol. The third-order valence-electron chi connectivity index (χ3n) is 2.87. The Morgan fingerprint density at radius 2 is 2.33 bits per heavy atom. The molecule has 2 rings (SSSR count). The lowest BCUT2D eigenvalue weighted by Crippen LogP contribution is -2.53. The molecule has 0 saturated carbocycles. The molecule has 0 amide bonds. The zero-order valence-corrected chi connectivity index (χ0v) is 11.3. The molecule has 1 aromatic heterocycles. The number of nitrogen functional groups attached to an aromatic ring is 1. The topological polar surface area (TPSA) is 131 Å². The number of nitrogens with two attached hydrogens (primary N) is 1. The molecule has 0 spiro atoms. The number of hydrogen-bond donors (Lipinski definition) is 4. The van der Waals surface area contributed by atoms with Gasteiger partial charge in [-0.05, 0) is 22.6 Å². The molecule has 3 atom stereocenters. The summed E-state index contributed by atoms with van der Waals surface area (Å²) in [4.78, 5) is 15.3. The van der Waals surface area contributed by atoms with Crippen LogP contribution in [0.4, 0.5) is 5.82 Å². The molecule has 8 nitrogen and oxygen atoms in total. The predicted molar refractivity (Wildman–Crippen MR) is 68.7 cm³/mol. The molecule has 1 fully saturated rings. The number of rotatable bonds is 2. The van der Waals surface area contributed by atoms with Gasteiger partial charge in [0, 0.05) is 6.20 Å². The van der Waals surface area contributed by atoms with Crippen molar-refractivity contribution in [2.24, 2.45) is 0 Å². The van der Waals surface area contributed by atoms with Crippen molar-refractivity contribution in [1.29, 1.82) is 0 Å². The molecule has 1 aromatic rings. The number of aromatic nitrogens is 2. The van der Waals surface area contributed by atoms with Crippen LogP contribution in [0.3, 0.4) is 0 Å². The van der Waals surface area contributed by atoms with Crippen LogP contribution < -0.4 is 11.4 Å². The van der Waals surface area contributed by atoms with Crippen LogP contribution in [-0.4, -0.2) is 50.3 Å². The Morgan fingerprint density at radius 3 is 2.83 bits per heavy atom. The fraction of sp³-hybridized carbons (Fsp3) is 0.556. The minimum absolute atomic E-state index is 0.0537. The molecule has 1 aliphatic heterocycles. The zero-order valence-electron chi connectivity index (χ0n) is 9.15. The number of anilines is 1. The molecule has 100 valence electrons. The Labute approximate surface area is 115 Å². The zero-order chi connectivity index (χ0) is 13.5. The first-order valence-electron chi connectivity index (χ1n) is 5.08. The SMILES string of the molecule is Nc1nc(=O)n([C@@]2(CO)OC[C@H](O)[C@H]2O)cc1I. The van der Waals surface area contributed by atoms with E-state index in [0.717, 1.165) is 4.57 Å². The summed E-state index contributed by atoms with van der Waals surface area (Å²) < 4.78 is 6.62. The standard InChI is InChI=1S/C9H12IN3O5/c10-4-1-13(8(17)12-7(4)11)9(3-14)6(16)5(15)2-18-9/h1,5-6,14-16H,2-3H2,(H2,11,12,17)/t5-,6+,9-/m0/s1. The smallest absolute Gasteiger partial charge is 0.352 e. The van der Waals surface area contributed by atoms with Crippen LogP contribution in [0.25, 0.3) is 0 Å². The molecule has 1 saturated heterocycles. The number of hydrogen-bond acceptors (Lipinski definition) is 7. The minimum atomic E-state index is -1.73. The van der Waals surface area contributed by atoms with Gasteiger partial charge in [0.25, 0.3) is 0 Å². The van der Waals surface area contributed by atoms with Crippen molar-refractivity contribution in [3.05, 3.63) is 20.3 Å². The summed E-state index contributed by atoms with van der Waals surface area (Å²) in [6.45, 7) is -0.859. The van der Waals surface area contributed by atoms with E-state index in [-0.39, 0.29) is 12.4 Å². The Kier molecular flexibility index (Phi) is 3.60. The van der Waals surface area contributed by atoms with Crippen molar-refractivity contribution in [3.63, 3.8) is 0 Å². The van der Waals surface area contributed by atoms with E-state index in [9.17, 15) is 20.1 Å². The van der Waals surface area contributed by atoms with E-state index >= 15 is 0 Å². The van der Waals surface area contributed by atoms with E-state index in [2.05, 4.69) is 4.98 Å². The second-order valence-electron chi connectivity index (χ2n) is 3.95. The highest BCUT2D eigenvalue weighted by Gasteiger charge is 2.51. The quantitative estimate of drug-likeness (QED) is 0.437. The predicted octanol–water partition coefficient (Wildman–Crippen LogP) is -2.17. The van der Waals surface area contributed by atoms with Gasteiger partial charge in [-0.2, -0.15) is 4.98 Å². The molecular weight excluding hydrogens is 357 g/mol. The van der Waals surface area contributed by atoms with E-state index in [1.807, 2.05) is 22.6 Å². The average Bonchev–Trinajstić information content (AvgIpc) is 2.62. The second-order valence-corrected chi connectivity index (χ2v) is 5.11. The number of halogens is 1. The fourth-order valence-electron chi connectivity index (χ4n) is 1.85. The molecule has 0 aromatic carbocycles. The van der Waals surface area contributed by atoms with Crippen LogP contribution in [0.2, 0.25) is 0 Å². The Bertz CT molecular complexity index is 521. The van der Waals surface area contributed by atoms with Gasteiger partial charge in [-0.15, -0.1) is 0 Å². The van der Waals surface area contributed by atoms with Gasteiger partial charge in [0.15, 0.2) is 0 Å². The Balaban J connectivity index is 2.59. The van der Waals surface area contributed by atoms with Crippen LogP contribution in [0.1, 0.15) is 0 Å². The largest absolute Gasteiger partial charge is 0.391 e. The Hall–Kier alpha value is -0.750. The van der Waals surface area contributed by atoms with E-state index in [4.69, 9.17) is 10.5 Å². The summed E-state index contributed by atoms with van der Waals surface area (Å²) in [5, 5.41) is 28.8. The maximum Gasteiger partial charge on any atom is 0.352 e. The van der Waals surface area contributed by atoms with Crippen molar-refractivity contribution in [2.45, 2.75) is 17.9 Å². The van der Waals surface area contributed by atoms with Crippen molar-refractivity contribution in [2.75, 3.05) is 18.9 Å². The first-order valence-corrected chi connectivity index (χ1v) is 6.16. The van der Waals surface area contributed by atoms with E-state index in [1.165, 1.54) is 6.20 Å². The van der Waals surface area contributed by atoms with Gasteiger partial charge in [0.05, 0.1) is 16.8 Å². The summed E-state index contributed by atoms with van der Waals surface area (Å²) in [5.41, 5.74) is 2.99. The van der Waals surface area contributed by atoms with E-state index in [0.29, 0.717) is 3.57 Å². The van der Waals surface area contributed by atoms with Gasteiger partial charge in [-0.25, -0.2) is 4.79 Å². The van der Waals surface area contributed by atoms with Crippen molar-refractivity contribution >= 4 is 28.4 Å². The van der Waals surface area contributed by atoms with Crippen LogP contribution in [-0.2, 0) is 10.5 Å². The monoisotopic (exact) mass is 369 g/mol. The summed E-state index contributed by atoms with van der Waals surface area (Å²) in [7, 11) is 0. The molecule has 5 N–H and O–H groups in total. The molecule has 0 radical (unpaired) electrons. The highest BCUT2D eigenvalue weighted by molar-refractivity contribution is 14.1. The van der Waals surface area contributed by atoms with E-state index < -0.39 is 30.2 Å². The first-order chi connectivity index (χ1) is 8.42. The van der Waals surface area contributed by atoms with Gasteiger partial charge >= 0.3 is 5.69 Å². The number of nitrogens with zero attached hydrogens (tertiary/aromatic N) is 2. The van der Waals surface area contributed by atoms with Crippen molar-refractivity contribution < 1.29 is 20.1 Å². The van der Waals surface area contributed by atoms with Crippen molar-refractivity contribution in [3.8, 4) is 0 Å². The van der Waals surface area contributed by atoms with E-state index in [1.54, 1.807) is 0 Å². The third kappa shape index (κ3) is 1.91. The van der Waals surface area contributed by atoms with Gasteiger partial charge in [-0.1, -0.05) is 0 Å². The first kappa shape index (κ1) is 13.7. The van der Waals surface area contributed by atoms with Gasteiger partial charge in [0.1, 0.15) is 18.0 Å². The molecule has 0 unspecified atom stereocenters. The summed E-state index contributed by atoms with van der Waals surface area (Å²) in [6.07, 6.45) is -1.29. The lowest BCUT2D eigenvalue weighted by atomic mass is 10.1. The van der Waals surface area contributed by atoms with Crippen LogP contribution in [0.15, 0.2) is 11.0 Å². The minimum Gasteiger partial charge on any atom is -0.391 e. The van der Waals surface area contributed by atoms with Gasteiger partial charge in [0.2, 0.25) is 5.72 Å². The molecule has 0 bridgehead atoms. The van der Waals surface area contributed by atoms with Crippen LogP contribution in [0.5, 0.6) is 0 Å². The number of aliphatic hydroxyl groups is 3. The summed E-state index contributed by atoms with van der Waals surface area (Å²) in [5.74, 6) is 0.0537. The Morgan fingerprint density at radius 1 is 1.67 bits per heavy atom. The molecule has 2 heterocycles. The van der Waals surface area contributed by atoms with Crippen molar-refractivity contribution in [1.82, 2.24) is 9.55 Å². The molecule has 9 heteroatoms. The fourth-order valence-corrected chi connectivity index (χ4v) is 2.25. The maximum atomic E-state index is 11.8. The van der Waals surface area contributed by atoms with Crippen LogP contribution >= 0.6 is 22.6 Å². The summed E-state index contributed by atoms with van der Waals surface area (Å²) in [6, 6.07) is 0. The normalized spacial score (nSPS) is 31.8.